The topological polar surface area (TPSA) is 87.7 Å². The fourth-order valence-corrected chi connectivity index (χ4v) is 4.05. The zero-order valence-electron chi connectivity index (χ0n) is 23.3. The summed E-state index contributed by atoms with van der Waals surface area (Å²) in [6.07, 6.45) is 2.83. The van der Waals surface area contributed by atoms with E-state index in [1.54, 1.807) is 25.7 Å². The second-order valence-corrected chi connectivity index (χ2v) is 10.8. The fourth-order valence-electron chi connectivity index (χ4n) is 4.05. The summed E-state index contributed by atoms with van der Waals surface area (Å²) < 4.78 is 5.30. The zero-order valence-corrected chi connectivity index (χ0v) is 23.3. The number of nitrogens with zero attached hydrogens (tertiary/aromatic N) is 1. The van der Waals surface area contributed by atoms with Gasteiger partial charge in [0.2, 0.25) is 11.8 Å². The van der Waals surface area contributed by atoms with Crippen molar-refractivity contribution in [1.29, 1.82) is 0 Å². The molecule has 1 rings (SSSR count). The highest BCUT2D eigenvalue weighted by atomic mass is 16.6. The van der Waals surface area contributed by atoms with Gasteiger partial charge in [-0.25, -0.2) is 4.79 Å². The number of carbonyl (C=O) groups is 3. The average molecular weight is 490 g/mol. The maximum absolute atomic E-state index is 13.6. The van der Waals surface area contributed by atoms with Crippen molar-refractivity contribution < 1.29 is 19.1 Å². The lowest BCUT2D eigenvalue weighted by Gasteiger charge is -2.38. The third-order valence-electron chi connectivity index (χ3n) is 5.88. The molecule has 2 N–H and O–H groups in total. The molecule has 0 aliphatic carbocycles. The molecule has 0 aromatic heterocycles. The monoisotopic (exact) mass is 489 g/mol. The summed E-state index contributed by atoms with van der Waals surface area (Å²) in [6.45, 7) is 17.9. The minimum Gasteiger partial charge on any atom is -0.444 e. The van der Waals surface area contributed by atoms with Gasteiger partial charge in [0.15, 0.2) is 0 Å². The number of aryl methyl sites for hydroxylation is 2. The highest BCUT2D eigenvalue weighted by Crippen LogP contribution is 2.31. The van der Waals surface area contributed by atoms with Gasteiger partial charge >= 0.3 is 6.09 Å². The van der Waals surface area contributed by atoms with Crippen molar-refractivity contribution in [3.8, 4) is 0 Å². The zero-order chi connectivity index (χ0) is 26.8. The van der Waals surface area contributed by atoms with Gasteiger partial charge in [-0.15, -0.1) is 0 Å². The Morgan fingerprint density at radius 1 is 1.00 bits per heavy atom. The summed E-state index contributed by atoms with van der Waals surface area (Å²) in [5.74, 6) is -0.0467. The van der Waals surface area contributed by atoms with Crippen LogP contribution in [0.4, 0.5) is 4.79 Å². The number of alkyl carbamates (subject to hydrolysis) is 1. The smallest absolute Gasteiger partial charge is 0.408 e. The lowest BCUT2D eigenvalue weighted by atomic mass is 9.92. The molecule has 1 aromatic rings. The van der Waals surface area contributed by atoms with Gasteiger partial charge in [0.1, 0.15) is 18.2 Å². The van der Waals surface area contributed by atoms with Gasteiger partial charge in [-0.3, -0.25) is 9.59 Å². The Morgan fingerprint density at radius 2 is 1.60 bits per heavy atom. The largest absolute Gasteiger partial charge is 0.444 e. The molecular formula is C28H47N3O4. The third-order valence-corrected chi connectivity index (χ3v) is 5.88. The van der Waals surface area contributed by atoms with E-state index in [1.165, 1.54) is 0 Å². The van der Waals surface area contributed by atoms with E-state index in [-0.39, 0.29) is 24.4 Å². The first-order valence-electron chi connectivity index (χ1n) is 12.9. The molecule has 1 aromatic carbocycles. The molecular weight excluding hydrogens is 442 g/mol. The van der Waals surface area contributed by atoms with Crippen molar-refractivity contribution in [2.24, 2.45) is 5.92 Å². The Kier molecular flexibility index (Phi) is 12.3. The van der Waals surface area contributed by atoms with Crippen LogP contribution in [-0.4, -0.2) is 47.5 Å². The maximum atomic E-state index is 13.6. The second-order valence-electron chi connectivity index (χ2n) is 10.8. The van der Waals surface area contributed by atoms with E-state index < -0.39 is 17.7 Å². The standard InChI is InChI=1S/C28H47N3O4/c1-10-11-17-29-26(33)25(24-20(4)13-12-14-21(24)5)31(22(6)16-15-19(2)3)23(32)18-30-27(34)35-28(7,8)9/h12-14,19,22,25H,10-11,15-18H2,1-9H3,(H,29,33)(H,30,34). The normalized spacial score (nSPS) is 13.2. The molecule has 0 heterocycles. The molecule has 0 spiro atoms. The van der Waals surface area contributed by atoms with Crippen molar-refractivity contribution in [2.75, 3.05) is 13.1 Å². The Balaban J connectivity index is 3.40. The Bertz CT molecular complexity index is 825. The van der Waals surface area contributed by atoms with Crippen LogP contribution in [0.3, 0.4) is 0 Å². The van der Waals surface area contributed by atoms with Crippen LogP contribution < -0.4 is 10.6 Å². The first kappa shape index (κ1) is 30.5. The van der Waals surface area contributed by atoms with Crippen LogP contribution >= 0.6 is 0 Å². The van der Waals surface area contributed by atoms with Gasteiger partial charge in [0.05, 0.1) is 0 Å². The van der Waals surface area contributed by atoms with Crippen LogP contribution in [0.15, 0.2) is 18.2 Å². The molecule has 7 nitrogen and oxygen atoms in total. The van der Waals surface area contributed by atoms with E-state index in [0.29, 0.717) is 12.5 Å². The lowest BCUT2D eigenvalue weighted by molar-refractivity contribution is -0.142. The molecule has 0 bridgehead atoms. The predicted octanol–water partition coefficient (Wildman–Crippen LogP) is 5.44. The van der Waals surface area contributed by atoms with Crippen LogP contribution in [-0.2, 0) is 14.3 Å². The first-order valence-corrected chi connectivity index (χ1v) is 12.9. The second kappa shape index (κ2) is 14.1. The number of hydrogen-bond acceptors (Lipinski definition) is 4. The number of benzene rings is 1. The van der Waals surface area contributed by atoms with Crippen LogP contribution in [0.2, 0.25) is 0 Å². The summed E-state index contributed by atoms with van der Waals surface area (Å²) in [5.41, 5.74) is 2.07. The minimum absolute atomic E-state index is 0.196. The Morgan fingerprint density at radius 3 is 2.11 bits per heavy atom. The summed E-state index contributed by atoms with van der Waals surface area (Å²) in [7, 11) is 0. The van der Waals surface area contributed by atoms with Gasteiger partial charge < -0.3 is 20.3 Å². The van der Waals surface area contributed by atoms with Crippen molar-refractivity contribution in [1.82, 2.24) is 15.5 Å². The molecule has 0 aliphatic heterocycles. The number of amides is 3. The molecule has 2 unspecified atom stereocenters. The average Bonchev–Trinajstić information content (AvgIpc) is 2.74. The number of nitrogens with one attached hydrogen (secondary N) is 2. The van der Waals surface area contributed by atoms with E-state index in [4.69, 9.17) is 4.74 Å². The summed E-state index contributed by atoms with van der Waals surface area (Å²) in [5, 5.41) is 5.62. The fraction of sp³-hybridized carbons (Fsp3) is 0.679. The highest BCUT2D eigenvalue weighted by molar-refractivity contribution is 5.91. The molecule has 0 fully saturated rings. The molecule has 0 saturated carbocycles. The van der Waals surface area contributed by atoms with Crippen LogP contribution in [0.1, 0.15) is 96.9 Å². The Labute approximate surface area is 212 Å². The first-order chi connectivity index (χ1) is 16.3. The minimum atomic E-state index is -0.789. The van der Waals surface area contributed by atoms with E-state index in [1.807, 2.05) is 39.0 Å². The molecule has 7 heteroatoms. The SMILES string of the molecule is CCCCNC(=O)C(c1c(C)cccc1C)N(C(=O)CNC(=O)OC(C)(C)C)C(C)CCC(C)C. The molecule has 2 atom stereocenters. The molecule has 3 amide bonds. The van der Waals surface area contributed by atoms with E-state index in [9.17, 15) is 14.4 Å². The number of hydrogen-bond donors (Lipinski definition) is 2. The molecule has 35 heavy (non-hydrogen) atoms. The van der Waals surface area contributed by atoms with E-state index >= 15 is 0 Å². The number of rotatable bonds is 12. The number of ether oxygens (including phenoxy) is 1. The highest BCUT2D eigenvalue weighted by Gasteiger charge is 2.36. The number of unbranched alkanes of at least 4 members (excludes halogenated alkanes) is 1. The molecule has 0 saturated heterocycles. The van der Waals surface area contributed by atoms with Crippen LogP contribution in [0.5, 0.6) is 0 Å². The summed E-state index contributed by atoms with van der Waals surface area (Å²) in [4.78, 5) is 41.2. The third kappa shape index (κ3) is 10.3. The summed E-state index contributed by atoms with van der Waals surface area (Å²) >= 11 is 0. The van der Waals surface area contributed by atoms with E-state index in [0.717, 1.165) is 42.4 Å². The van der Waals surface area contributed by atoms with Gasteiger partial charge in [-0.2, -0.15) is 0 Å². The van der Waals surface area contributed by atoms with Crippen molar-refractivity contribution in [3.05, 3.63) is 34.9 Å². The van der Waals surface area contributed by atoms with Crippen molar-refractivity contribution >= 4 is 17.9 Å². The predicted molar refractivity (Wildman–Crippen MR) is 141 cm³/mol. The number of carbonyl (C=O) groups excluding carboxylic acids is 3. The molecule has 0 radical (unpaired) electrons. The van der Waals surface area contributed by atoms with Gasteiger partial charge in [0, 0.05) is 12.6 Å². The summed E-state index contributed by atoms with van der Waals surface area (Å²) in [6, 6.07) is 4.90. The molecule has 198 valence electrons. The maximum Gasteiger partial charge on any atom is 0.408 e. The molecule has 0 aliphatic rings. The van der Waals surface area contributed by atoms with Crippen LogP contribution in [0, 0.1) is 19.8 Å². The van der Waals surface area contributed by atoms with Crippen molar-refractivity contribution in [3.63, 3.8) is 0 Å². The van der Waals surface area contributed by atoms with Gasteiger partial charge in [-0.05, 0) is 83.4 Å². The van der Waals surface area contributed by atoms with Crippen LogP contribution in [0.25, 0.3) is 0 Å². The Hall–Kier alpha value is -2.57. The van der Waals surface area contributed by atoms with E-state index in [2.05, 4.69) is 31.4 Å². The quantitative estimate of drug-likeness (QED) is 0.383. The van der Waals surface area contributed by atoms with Gasteiger partial charge in [0.25, 0.3) is 0 Å². The van der Waals surface area contributed by atoms with Crippen molar-refractivity contribution in [2.45, 2.75) is 106 Å². The lowest BCUT2D eigenvalue weighted by Crippen LogP contribution is -2.51. The van der Waals surface area contributed by atoms with Gasteiger partial charge in [-0.1, -0.05) is 45.4 Å².